The second kappa shape index (κ2) is 6.23. The first-order valence-corrected chi connectivity index (χ1v) is 9.18. The fourth-order valence-corrected chi connectivity index (χ4v) is 3.97. The van der Waals surface area contributed by atoms with E-state index in [2.05, 4.69) is 49.9 Å². The maximum absolute atomic E-state index is 13.2. The molecule has 1 aliphatic heterocycles. The average Bonchev–Trinajstić information content (AvgIpc) is 3.09. The molecule has 4 aromatic rings. The Morgan fingerprint density at radius 3 is 2.44 bits per heavy atom. The van der Waals surface area contributed by atoms with E-state index in [-0.39, 0.29) is 5.82 Å². The summed E-state index contributed by atoms with van der Waals surface area (Å²) in [4.78, 5) is 17.2. The van der Waals surface area contributed by atoms with E-state index < -0.39 is 0 Å². The first kappa shape index (κ1) is 16.1. The van der Waals surface area contributed by atoms with E-state index in [4.69, 9.17) is 0 Å². The van der Waals surface area contributed by atoms with E-state index in [9.17, 15) is 4.39 Å². The van der Waals surface area contributed by atoms with Gasteiger partial charge in [0.1, 0.15) is 23.2 Å². The molecule has 136 valence electrons. The number of rotatable bonds is 2. The maximum Gasteiger partial charge on any atom is 0.156 e. The van der Waals surface area contributed by atoms with Crippen molar-refractivity contribution in [3.05, 3.63) is 60.2 Å². The number of anilines is 2. The SMILES string of the molecule is Cc1cccc2[nH]c3c(N4CCN(c5ccc(F)cc5)CC4)ncnc3c12. The zero-order chi connectivity index (χ0) is 18.4. The molecule has 27 heavy (non-hydrogen) atoms. The molecule has 0 radical (unpaired) electrons. The molecule has 1 saturated heterocycles. The van der Waals surface area contributed by atoms with Crippen LogP contribution in [0.15, 0.2) is 48.8 Å². The number of fused-ring (bicyclic) bond motifs is 3. The Morgan fingerprint density at radius 2 is 1.67 bits per heavy atom. The summed E-state index contributed by atoms with van der Waals surface area (Å²) in [5, 5.41) is 1.17. The Morgan fingerprint density at radius 1 is 0.926 bits per heavy atom. The van der Waals surface area contributed by atoms with E-state index in [0.717, 1.165) is 54.2 Å². The van der Waals surface area contributed by atoms with Gasteiger partial charge in [0.05, 0.1) is 0 Å². The zero-order valence-electron chi connectivity index (χ0n) is 15.1. The average molecular weight is 361 g/mol. The number of nitrogens with zero attached hydrogens (tertiary/aromatic N) is 4. The summed E-state index contributed by atoms with van der Waals surface area (Å²) in [5.41, 5.74) is 5.34. The summed E-state index contributed by atoms with van der Waals surface area (Å²) >= 11 is 0. The van der Waals surface area contributed by atoms with Gasteiger partial charge in [-0.1, -0.05) is 12.1 Å². The molecule has 0 atom stereocenters. The number of piperazine rings is 1. The molecule has 6 heteroatoms. The van der Waals surface area contributed by atoms with Crippen molar-refractivity contribution in [3.8, 4) is 0 Å². The summed E-state index contributed by atoms with van der Waals surface area (Å²) < 4.78 is 13.2. The highest BCUT2D eigenvalue weighted by molar-refractivity contribution is 6.09. The van der Waals surface area contributed by atoms with Gasteiger partial charge in [-0.25, -0.2) is 14.4 Å². The standard InChI is InChI=1S/C21H20FN5/c1-14-3-2-4-17-18(14)19-20(25-17)21(24-13-23-19)27-11-9-26(10-12-27)16-7-5-15(22)6-8-16/h2-8,13,25H,9-12H2,1H3. The lowest BCUT2D eigenvalue weighted by molar-refractivity contribution is 0.624. The Balaban J connectivity index is 1.46. The quantitative estimate of drug-likeness (QED) is 0.589. The van der Waals surface area contributed by atoms with Crippen LogP contribution >= 0.6 is 0 Å². The molecule has 5 nitrogen and oxygen atoms in total. The van der Waals surface area contributed by atoms with Gasteiger partial charge in [-0.2, -0.15) is 0 Å². The largest absolute Gasteiger partial charge is 0.368 e. The van der Waals surface area contributed by atoms with Gasteiger partial charge in [0, 0.05) is 42.8 Å². The summed E-state index contributed by atoms with van der Waals surface area (Å²) in [6.07, 6.45) is 1.66. The molecule has 0 bridgehead atoms. The lowest BCUT2D eigenvalue weighted by Crippen LogP contribution is -2.47. The van der Waals surface area contributed by atoms with Gasteiger partial charge < -0.3 is 14.8 Å². The molecule has 0 amide bonds. The van der Waals surface area contributed by atoms with Crippen LogP contribution in [-0.2, 0) is 0 Å². The van der Waals surface area contributed by atoms with E-state index in [0.29, 0.717) is 0 Å². The molecule has 0 unspecified atom stereocenters. The van der Waals surface area contributed by atoms with Crippen LogP contribution in [0.1, 0.15) is 5.56 Å². The Kier molecular flexibility index (Phi) is 3.70. The van der Waals surface area contributed by atoms with Gasteiger partial charge >= 0.3 is 0 Å². The highest BCUT2D eigenvalue weighted by atomic mass is 19.1. The Labute approximate surface area is 156 Å². The zero-order valence-corrected chi connectivity index (χ0v) is 15.1. The summed E-state index contributed by atoms with van der Waals surface area (Å²) in [7, 11) is 0. The summed E-state index contributed by atoms with van der Waals surface area (Å²) in [6, 6.07) is 13.0. The van der Waals surface area contributed by atoms with Crippen molar-refractivity contribution >= 4 is 33.4 Å². The molecule has 0 saturated carbocycles. The molecular weight excluding hydrogens is 341 g/mol. The fourth-order valence-electron chi connectivity index (χ4n) is 3.97. The van der Waals surface area contributed by atoms with Crippen molar-refractivity contribution in [2.24, 2.45) is 0 Å². The van der Waals surface area contributed by atoms with Crippen LogP contribution < -0.4 is 9.80 Å². The normalized spacial score (nSPS) is 15.0. The third-order valence-electron chi connectivity index (χ3n) is 5.37. The van der Waals surface area contributed by atoms with E-state index >= 15 is 0 Å². The van der Waals surface area contributed by atoms with E-state index in [1.807, 2.05) is 12.1 Å². The first-order chi connectivity index (χ1) is 13.2. The smallest absolute Gasteiger partial charge is 0.156 e. The van der Waals surface area contributed by atoms with Gasteiger partial charge in [0.25, 0.3) is 0 Å². The minimum atomic E-state index is -0.199. The molecule has 0 spiro atoms. The number of nitrogens with one attached hydrogen (secondary N) is 1. The number of aromatic amines is 1. The molecule has 5 rings (SSSR count). The lowest BCUT2D eigenvalue weighted by Gasteiger charge is -2.36. The Bertz CT molecular complexity index is 1110. The lowest BCUT2D eigenvalue weighted by atomic mass is 10.1. The van der Waals surface area contributed by atoms with Crippen LogP contribution in [0.25, 0.3) is 21.9 Å². The van der Waals surface area contributed by atoms with Gasteiger partial charge in [0.15, 0.2) is 5.82 Å². The number of hydrogen-bond donors (Lipinski definition) is 1. The van der Waals surface area contributed by atoms with Gasteiger partial charge in [0.2, 0.25) is 0 Å². The minimum absolute atomic E-state index is 0.199. The van der Waals surface area contributed by atoms with Gasteiger partial charge in [-0.15, -0.1) is 0 Å². The molecular formula is C21H20FN5. The number of halogens is 1. The number of aryl methyl sites for hydroxylation is 1. The third kappa shape index (κ3) is 2.68. The predicted octanol–water partition coefficient (Wildman–Crippen LogP) is 3.89. The van der Waals surface area contributed by atoms with E-state index in [1.54, 1.807) is 6.33 Å². The van der Waals surface area contributed by atoms with Crippen LogP contribution in [0, 0.1) is 12.7 Å². The molecule has 3 heterocycles. The summed E-state index contributed by atoms with van der Waals surface area (Å²) in [6.45, 7) is 5.57. The van der Waals surface area contributed by atoms with Crippen LogP contribution in [0.3, 0.4) is 0 Å². The van der Waals surface area contributed by atoms with Crippen molar-refractivity contribution in [2.45, 2.75) is 6.92 Å². The van der Waals surface area contributed by atoms with Crippen LogP contribution in [-0.4, -0.2) is 41.1 Å². The summed E-state index contributed by atoms with van der Waals surface area (Å²) in [5.74, 6) is 0.754. The van der Waals surface area contributed by atoms with E-state index in [1.165, 1.54) is 23.1 Å². The molecule has 1 aliphatic rings. The number of aromatic nitrogens is 3. The number of H-pyrrole nitrogens is 1. The highest BCUT2D eigenvalue weighted by Gasteiger charge is 2.22. The number of hydrogen-bond acceptors (Lipinski definition) is 4. The van der Waals surface area contributed by atoms with Gasteiger partial charge in [-0.3, -0.25) is 0 Å². The molecule has 2 aromatic carbocycles. The van der Waals surface area contributed by atoms with Crippen molar-refractivity contribution in [2.75, 3.05) is 36.0 Å². The molecule has 0 aliphatic carbocycles. The predicted molar refractivity (Wildman–Crippen MR) is 107 cm³/mol. The first-order valence-electron chi connectivity index (χ1n) is 9.18. The van der Waals surface area contributed by atoms with Crippen LogP contribution in [0.4, 0.5) is 15.9 Å². The minimum Gasteiger partial charge on any atom is -0.368 e. The molecule has 2 aromatic heterocycles. The fraction of sp³-hybridized carbons (Fsp3) is 0.238. The topological polar surface area (TPSA) is 48.1 Å². The van der Waals surface area contributed by atoms with Gasteiger partial charge in [-0.05, 0) is 42.8 Å². The second-order valence-corrected chi connectivity index (χ2v) is 6.99. The van der Waals surface area contributed by atoms with Crippen molar-refractivity contribution in [1.82, 2.24) is 15.0 Å². The number of benzene rings is 2. The van der Waals surface area contributed by atoms with Crippen molar-refractivity contribution in [1.29, 1.82) is 0 Å². The van der Waals surface area contributed by atoms with Crippen LogP contribution in [0.5, 0.6) is 0 Å². The van der Waals surface area contributed by atoms with Crippen LogP contribution in [0.2, 0.25) is 0 Å². The monoisotopic (exact) mass is 361 g/mol. The van der Waals surface area contributed by atoms with Crippen molar-refractivity contribution < 1.29 is 4.39 Å². The molecule has 1 N–H and O–H groups in total. The third-order valence-corrected chi connectivity index (χ3v) is 5.37. The maximum atomic E-state index is 13.2. The van der Waals surface area contributed by atoms with Crippen molar-refractivity contribution in [3.63, 3.8) is 0 Å². The highest BCUT2D eigenvalue weighted by Crippen LogP contribution is 2.31. The second-order valence-electron chi connectivity index (χ2n) is 6.99. The Hall–Kier alpha value is -3.15. The molecule has 1 fully saturated rings.